The molecule has 0 spiro atoms. The van der Waals surface area contributed by atoms with Gasteiger partial charge in [-0.25, -0.2) is 4.98 Å². The Hall–Kier alpha value is -2.36. The van der Waals surface area contributed by atoms with Crippen LogP contribution in [0.3, 0.4) is 0 Å². The molecule has 23 heavy (non-hydrogen) atoms. The quantitative estimate of drug-likeness (QED) is 0.846. The molecule has 0 aliphatic rings. The third-order valence-electron chi connectivity index (χ3n) is 3.84. The highest BCUT2D eigenvalue weighted by molar-refractivity contribution is 5.90. The van der Waals surface area contributed by atoms with Crippen LogP contribution in [-0.2, 0) is 11.2 Å². The van der Waals surface area contributed by atoms with Crippen molar-refractivity contribution in [2.75, 3.05) is 23.3 Å². The molecule has 1 amide bonds. The van der Waals surface area contributed by atoms with Crippen molar-refractivity contribution >= 4 is 17.4 Å². The number of aryl methyl sites for hydroxylation is 2. The van der Waals surface area contributed by atoms with Gasteiger partial charge in [-0.05, 0) is 62.6 Å². The lowest BCUT2D eigenvalue weighted by atomic mass is 10.1. The molecule has 0 atom stereocenters. The van der Waals surface area contributed by atoms with Crippen molar-refractivity contribution in [3.8, 4) is 0 Å². The van der Waals surface area contributed by atoms with Crippen molar-refractivity contribution in [1.82, 2.24) is 4.98 Å². The number of rotatable bonds is 7. The van der Waals surface area contributed by atoms with Crippen LogP contribution in [-0.4, -0.2) is 24.0 Å². The number of nitrogens with zero attached hydrogens (tertiary/aromatic N) is 2. The number of anilines is 2. The number of hydrogen-bond donors (Lipinski definition) is 1. The van der Waals surface area contributed by atoms with Crippen LogP contribution in [0.2, 0.25) is 0 Å². The molecule has 0 saturated heterocycles. The zero-order chi connectivity index (χ0) is 16.7. The lowest BCUT2D eigenvalue weighted by molar-refractivity contribution is -0.116. The van der Waals surface area contributed by atoms with E-state index in [1.807, 2.05) is 43.5 Å². The van der Waals surface area contributed by atoms with Crippen molar-refractivity contribution in [2.45, 2.75) is 33.6 Å². The Labute approximate surface area is 138 Å². The Morgan fingerprint density at radius 2 is 1.96 bits per heavy atom. The van der Waals surface area contributed by atoms with E-state index >= 15 is 0 Å². The molecule has 0 aliphatic heterocycles. The molecule has 0 saturated carbocycles. The van der Waals surface area contributed by atoms with E-state index in [1.165, 1.54) is 0 Å². The van der Waals surface area contributed by atoms with Gasteiger partial charge in [0.25, 0.3) is 0 Å². The van der Waals surface area contributed by atoms with Crippen molar-refractivity contribution in [3.05, 3.63) is 53.7 Å². The normalized spacial score (nSPS) is 10.4. The second-order valence-corrected chi connectivity index (χ2v) is 5.61. The van der Waals surface area contributed by atoms with E-state index in [1.54, 1.807) is 0 Å². The van der Waals surface area contributed by atoms with Crippen molar-refractivity contribution in [1.29, 1.82) is 0 Å². The molecular weight excluding hydrogens is 286 g/mol. The van der Waals surface area contributed by atoms with Crippen LogP contribution in [0.4, 0.5) is 11.5 Å². The highest BCUT2D eigenvalue weighted by atomic mass is 16.1. The molecule has 0 fully saturated rings. The molecule has 1 aromatic carbocycles. The van der Waals surface area contributed by atoms with Crippen molar-refractivity contribution in [2.24, 2.45) is 0 Å². The number of amides is 1. The van der Waals surface area contributed by atoms with Crippen LogP contribution < -0.4 is 10.2 Å². The summed E-state index contributed by atoms with van der Waals surface area (Å²) in [7, 11) is 0. The average Bonchev–Trinajstić information content (AvgIpc) is 2.55. The molecule has 4 heteroatoms. The van der Waals surface area contributed by atoms with E-state index in [4.69, 9.17) is 0 Å². The van der Waals surface area contributed by atoms with Gasteiger partial charge in [0.2, 0.25) is 5.91 Å². The zero-order valence-electron chi connectivity index (χ0n) is 14.2. The van der Waals surface area contributed by atoms with Crippen LogP contribution in [0.25, 0.3) is 0 Å². The first-order chi connectivity index (χ1) is 11.1. The van der Waals surface area contributed by atoms with Crippen LogP contribution in [0.15, 0.2) is 42.6 Å². The van der Waals surface area contributed by atoms with Crippen LogP contribution in [0.1, 0.15) is 31.4 Å². The van der Waals surface area contributed by atoms with Gasteiger partial charge in [-0.1, -0.05) is 12.1 Å². The number of carbonyl (C=O) groups is 1. The minimum atomic E-state index is 0.0387. The number of nitrogens with one attached hydrogen (secondary N) is 1. The van der Waals surface area contributed by atoms with Crippen LogP contribution >= 0.6 is 0 Å². The summed E-state index contributed by atoms with van der Waals surface area (Å²) >= 11 is 0. The molecule has 122 valence electrons. The van der Waals surface area contributed by atoms with Gasteiger partial charge in [-0.15, -0.1) is 0 Å². The molecule has 2 aromatic rings. The molecule has 0 bridgehead atoms. The maximum absolute atomic E-state index is 12.1. The Balaban J connectivity index is 1.92. The smallest absolute Gasteiger partial charge is 0.224 e. The van der Waals surface area contributed by atoms with Crippen molar-refractivity contribution in [3.63, 3.8) is 0 Å². The third kappa shape index (κ3) is 5.09. The summed E-state index contributed by atoms with van der Waals surface area (Å²) in [4.78, 5) is 18.7. The molecule has 4 nitrogen and oxygen atoms in total. The Morgan fingerprint density at radius 3 is 2.65 bits per heavy atom. The fourth-order valence-corrected chi connectivity index (χ4v) is 2.54. The summed E-state index contributed by atoms with van der Waals surface area (Å²) in [5, 5.41) is 2.95. The van der Waals surface area contributed by atoms with Gasteiger partial charge in [-0.2, -0.15) is 0 Å². The minimum absolute atomic E-state index is 0.0387. The average molecular weight is 311 g/mol. The maximum Gasteiger partial charge on any atom is 0.224 e. The summed E-state index contributed by atoms with van der Waals surface area (Å²) < 4.78 is 0. The van der Waals surface area contributed by atoms with Gasteiger partial charge in [-0.3, -0.25) is 4.79 Å². The van der Waals surface area contributed by atoms with Gasteiger partial charge in [0.1, 0.15) is 5.82 Å². The molecule has 2 rings (SSSR count). The summed E-state index contributed by atoms with van der Waals surface area (Å²) in [6.45, 7) is 8.11. The molecular formula is C19H25N3O. The Bertz CT molecular complexity index is 651. The minimum Gasteiger partial charge on any atom is -0.357 e. The summed E-state index contributed by atoms with van der Waals surface area (Å²) in [6, 6.07) is 11.9. The second-order valence-electron chi connectivity index (χ2n) is 5.61. The van der Waals surface area contributed by atoms with Gasteiger partial charge in [0, 0.05) is 31.4 Å². The first kappa shape index (κ1) is 17.0. The van der Waals surface area contributed by atoms with Gasteiger partial charge in [0.15, 0.2) is 0 Å². The topological polar surface area (TPSA) is 45.2 Å². The number of aromatic nitrogens is 1. The summed E-state index contributed by atoms with van der Waals surface area (Å²) in [5.41, 5.74) is 3.13. The predicted molar refractivity (Wildman–Crippen MR) is 95.9 cm³/mol. The molecule has 0 unspecified atom stereocenters. The van der Waals surface area contributed by atoms with Gasteiger partial charge >= 0.3 is 0 Å². The molecule has 1 heterocycles. The fourth-order valence-electron chi connectivity index (χ4n) is 2.54. The Morgan fingerprint density at radius 1 is 1.17 bits per heavy atom. The molecule has 1 aromatic heterocycles. The number of hydrogen-bond acceptors (Lipinski definition) is 3. The monoisotopic (exact) mass is 311 g/mol. The van der Waals surface area contributed by atoms with Crippen molar-refractivity contribution < 1.29 is 4.79 Å². The van der Waals surface area contributed by atoms with Gasteiger partial charge in [0.05, 0.1) is 0 Å². The largest absolute Gasteiger partial charge is 0.357 e. The Kier molecular flexibility index (Phi) is 6.15. The van der Waals surface area contributed by atoms with E-state index in [0.29, 0.717) is 12.8 Å². The SMILES string of the molecule is CCN(CC)c1cc(CCC(=O)Nc2cccc(C)c2)ccn1. The summed E-state index contributed by atoms with van der Waals surface area (Å²) in [6.07, 6.45) is 3.01. The van der Waals surface area contributed by atoms with E-state index in [-0.39, 0.29) is 5.91 Å². The number of benzene rings is 1. The lowest BCUT2D eigenvalue weighted by Gasteiger charge is -2.20. The van der Waals surface area contributed by atoms with E-state index in [2.05, 4.69) is 35.1 Å². The number of pyridine rings is 1. The molecule has 0 radical (unpaired) electrons. The van der Waals surface area contributed by atoms with Gasteiger partial charge < -0.3 is 10.2 Å². The predicted octanol–water partition coefficient (Wildman–Crippen LogP) is 3.81. The molecule has 0 aliphatic carbocycles. The van der Waals surface area contributed by atoms with Crippen LogP contribution in [0, 0.1) is 6.92 Å². The fraction of sp³-hybridized carbons (Fsp3) is 0.368. The molecule has 1 N–H and O–H groups in total. The van der Waals surface area contributed by atoms with E-state index in [9.17, 15) is 4.79 Å². The first-order valence-electron chi connectivity index (χ1n) is 8.18. The standard InChI is InChI=1S/C19H25N3O/c1-4-22(5-2)18-14-16(11-12-20-18)9-10-19(23)21-17-8-6-7-15(3)13-17/h6-8,11-14H,4-5,9-10H2,1-3H3,(H,21,23). The first-order valence-corrected chi connectivity index (χ1v) is 8.18. The lowest BCUT2D eigenvalue weighted by Crippen LogP contribution is -2.23. The third-order valence-corrected chi connectivity index (χ3v) is 3.84. The zero-order valence-corrected chi connectivity index (χ0v) is 14.2. The van der Waals surface area contributed by atoms with Crippen LogP contribution in [0.5, 0.6) is 0 Å². The van der Waals surface area contributed by atoms with E-state index in [0.717, 1.165) is 35.7 Å². The highest BCUT2D eigenvalue weighted by Gasteiger charge is 2.07. The van der Waals surface area contributed by atoms with E-state index < -0.39 is 0 Å². The maximum atomic E-state index is 12.1. The second kappa shape index (κ2) is 8.32. The highest BCUT2D eigenvalue weighted by Crippen LogP contribution is 2.14. The number of carbonyl (C=O) groups excluding carboxylic acids is 1. The summed E-state index contributed by atoms with van der Waals surface area (Å²) in [5.74, 6) is 1.02.